The van der Waals surface area contributed by atoms with E-state index in [1.807, 2.05) is 13.8 Å². The van der Waals surface area contributed by atoms with E-state index in [2.05, 4.69) is 5.32 Å². The Morgan fingerprint density at radius 2 is 1.94 bits per heavy atom. The molecule has 1 atom stereocenters. The van der Waals surface area contributed by atoms with E-state index in [0.717, 1.165) is 5.56 Å². The molecule has 4 heteroatoms. The first kappa shape index (κ1) is 12.5. The number of nitrogens with one attached hydrogen (secondary N) is 1. The van der Waals surface area contributed by atoms with Crippen LogP contribution < -0.4 is 11.1 Å². The smallest absolute Gasteiger partial charge is 0.234 e. The van der Waals surface area contributed by atoms with Gasteiger partial charge in [-0.2, -0.15) is 0 Å². The number of benzene rings is 1. The van der Waals surface area contributed by atoms with Crippen molar-refractivity contribution in [3.8, 4) is 5.75 Å². The highest BCUT2D eigenvalue weighted by Crippen LogP contribution is 2.10. The van der Waals surface area contributed by atoms with Crippen LogP contribution in [0.5, 0.6) is 5.75 Å². The van der Waals surface area contributed by atoms with Gasteiger partial charge in [-0.25, -0.2) is 0 Å². The van der Waals surface area contributed by atoms with Gasteiger partial charge < -0.3 is 16.2 Å². The Morgan fingerprint density at radius 3 is 2.38 bits per heavy atom. The summed E-state index contributed by atoms with van der Waals surface area (Å²) in [7, 11) is 0. The molecule has 88 valence electrons. The van der Waals surface area contributed by atoms with Crippen molar-refractivity contribution in [3.05, 3.63) is 29.8 Å². The summed E-state index contributed by atoms with van der Waals surface area (Å²) in [6, 6.07) is 6.52. The standard InChI is InChI=1S/C12H18N2O2/c1-8(2)11(12(13)16)14-7-9-3-5-10(15)6-4-9/h3-6,8,11,14-15H,7H2,1-2H3,(H2,13,16). The second-order valence-corrected chi connectivity index (χ2v) is 4.17. The van der Waals surface area contributed by atoms with Crippen LogP contribution in [0.2, 0.25) is 0 Å². The van der Waals surface area contributed by atoms with Crippen LogP contribution in [0.4, 0.5) is 0 Å². The molecule has 0 aliphatic rings. The van der Waals surface area contributed by atoms with Gasteiger partial charge in [-0.3, -0.25) is 4.79 Å². The Hall–Kier alpha value is -1.55. The van der Waals surface area contributed by atoms with Gasteiger partial charge in [-0.05, 0) is 23.6 Å². The van der Waals surface area contributed by atoms with Gasteiger partial charge in [0.05, 0.1) is 6.04 Å². The Morgan fingerprint density at radius 1 is 1.38 bits per heavy atom. The fourth-order valence-electron chi connectivity index (χ4n) is 1.51. The number of phenols is 1. The minimum atomic E-state index is -0.339. The van der Waals surface area contributed by atoms with Crippen molar-refractivity contribution >= 4 is 5.91 Å². The predicted octanol–water partition coefficient (Wildman–Crippen LogP) is 0.992. The van der Waals surface area contributed by atoms with E-state index in [1.165, 1.54) is 0 Å². The number of primary amides is 1. The average Bonchev–Trinajstić information content (AvgIpc) is 2.20. The summed E-state index contributed by atoms with van der Waals surface area (Å²) in [5, 5.41) is 12.2. The molecule has 0 saturated heterocycles. The van der Waals surface area contributed by atoms with Crippen LogP contribution in [0, 0.1) is 5.92 Å². The number of nitrogens with two attached hydrogens (primary N) is 1. The van der Waals surface area contributed by atoms with Crippen molar-refractivity contribution in [2.45, 2.75) is 26.4 Å². The molecule has 16 heavy (non-hydrogen) atoms. The number of rotatable bonds is 5. The topological polar surface area (TPSA) is 75.3 Å². The van der Waals surface area contributed by atoms with Crippen LogP contribution in [-0.2, 0) is 11.3 Å². The van der Waals surface area contributed by atoms with Gasteiger partial charge in [0.1, 0.15) is 5.75 Å². The lowest BCUT2D eigenvalue weighted by atomic mass is 10.0. The van der Waals surface area contributed by atoms with Crippen LogP contribution >= 0.6 is 0 Å². The maximum Gasteiger partial charge on any atom is 0.234 e. The number of carbonyl (C=O) groups is 1. The number of amides is 1. The number of hydrogen-bond donors (Lipinski definition) is 3. The highest BCUT2D eigenvalue weighted by atomic mass is 16.3. The summed E-state index contributed by atoms with van der Waals surface area (Å²) in [5.74, 6) is 0.0578. The van der Waals surface area contributed by atoms with Crippen molar-refractivity contribution in [1.82, 2.24) is 5.32 Å². The second-order valence-electron chi connectivity index (χ2n) is 4.17. The summed E-state index contributed by atoms with van der Waals surface area (Å²) >= 11 is 0. The third-order valence-corrected chi connectivity index (χ3v) is 2.44. The first-order valence-corrected chi connectivity index (χ1v) is 5.31. The lowest BCUT2D eigenvalue weighted by molar-refractivity contribution is -0.121. The SMILES string of the molecule is CC(C)C(NCc1ccc(O)cc1)C(N)=O. The Balaban J connectivity index is 2.55. The zero-order valence-corrected chi connectivity index (χ0v) is 9.60. The molecule has 0 bridgehead atoms. The minimum Gasteiger partial charge on any atom is -0.508 e. The quantitative estimate of drug-likeness (QED) is 0.695. The molecular weight excluding hydrogens is 204 g/mol. The third-order valence-electron chi connectivity index (χ3n) is 2.44. The molecule has 1 aromatic carbocycles. The fraction of sp³-hybridized carbons (Fsp3) is 0.417. The van der Waals surface area contributed by atoms with E-state index in [-0.39, 0.29) is 23.6 Å². The molecule has 1 unspecified atom stereocenters. The summed E-state index contributed by atoms with van der Waals surface area (Å²) in [5.41, 5.74) is 6.29. The summed E-state index contributed by atoms with van der Waals surface area (Å²) < 4.78 is 0. The zero-order valence-electron chi connectivity index (χ0n) is 9.60. The summed E-state index contributed by atoms with van der Waals surface area (Å²) in [4.78, 5) is 11.1. The Kier molecular flexibility index (Phi) is 4.31. The highest BCUT2D eigenvalue weighted by Gasteiger charge is 2.18. The predicted molar refractivity (Wildman–Crippen MR) is 62.8 cm³/mol. The zero-order chi connectivity index (χ0) is 12.1. The van der Waals surface area contributed by atoms with Crippen LogP contribution in [0.1, 0.15) is 19.4 Å². The molecule has 1 amide bonds. The lowest BCUT2D eigenvalue weighted by Gasteiger charge is -2.18. The fourth-order valence-corrected chi connectivity index (χ4v) is 1.51. The molecule has 0 aliphatic heterocycles. The summed E-state index contributed by atoms with van der Waals surface area (Å²) in [6.45, 7) is 4.45. The first-order valence-electron chi connectivity index (χ1n) is 5.31. The Labute approximate surface area is 95.5 Å². The largest absolute Gasteiger partial charge is 0.508 e. The average molecular weight is 222 g/mol. The van der Waals surface area contributed by atoms with Crippen LogP contribution in [0.3, 0.4) is 0 Å². The highest BCUT2D eigenvalue weighted by molar-refractivity contribution is 5.80. The number of phenolic OH excluding ortho intramolecular Hbond substituents is 1. The molecule has 4 N–H and O–H groups in total. The van der Waals surface area contributed by atoms with Gasteiger partial charge in [-0.1, -0.05) is 26.0 Å². The molecular formula is C12H18N2O2. The molecule has 0 saturated carbocycles. The van der Waals surface area contributed by atoms with Gasteiger partial charge >= 0.3 is 0 Å². The molecule has 0 heterocycles. The molecule has 4 nitrogen and oxygen atoms in total. The monoisotopic (exact) mass is 222 g/mol. The Bertz CT molecular complexity index is 347. The number of carbonyl (C=O) groups excluding carboxylic acids is 1. The molecule has 0 aromatic heterocycles. The van der Waals surface area contributed by atoms with Crippen molar-refractivity contribution in [2.24, 2.45) is 11.7 Å². The summed E-state index contributed by atoms with van der Waals surface area (Å²) in [6.07, 6.45) is 0. The van der Waals surface area contributed by atoms with Crippen molar-refractivity contribution in [1.29, 1.82) is 0 Å². The maximum atomic E-state index is 11.1. The molecule has 0 aliphatic carbocycles. The van der Waals surface area contributed by atoms with Gasteiger partial charge in [-0.15, -0.1) is 0 Å². The van der Waals surface area contributed by atoms with Crippen molar-refractivity contribution < 1.29 is 9.90 Å². The van der Waals surface area contributed by atoms with E-state index < -0.39 is 0 Å². The normalized spacial score (nSPS) is 12.7. The van der Waals surface area contributed by atoms with Gasteiger partial charge in [0.15, 0.2) is 0 Å². The van der Waals surface area contributed by atoms with Crippen molar-refractivity contribution in [3.63, 3.8) is 0 Å². The van der Waals surface area contributed by atoms with Gasteiger partial charge in [0.2, 0.25) is 5.91 Å². The van der Waals surface area contributed by atoms with Crippen LogP contribution in [0.15, 0.2) is 24.3 Å². The van der Waals surface area contributed by atoms with E-state index in [1.54, 1.807) is 24.3 Å². The molecule has 1 rings (SSSR count). The molecule has 0 spiro atoms. The lowest BCUT2D eigenvalue weighted by Crippen LogP contribution is -2.44. The minimum absolute atomic E-state index is 0.162. The maximum absolute atomic E-state index is 11.1. The molecule has 1 aromatic rings. The van der Waals surface area contributed by atoms with E-state index in [4.69, 9.17) is 10.8 Å². The van der Waals surface area contributed by atoms with E-state index in [9.17, 15) is 4.79 Å². The number of hydrogen-bond acceptors (Lipinski definition) is 3. The van der Waals surface area contributed by atoms with Gasteiger partial charge in [0, 0.05) is 6.54 Å². The van der Waals surface area contributed by atoms with Crippen LogP contribution in [-0.4, -0.2) is 17.1 Å². The number of aromatic hydroxyl groups is 1. The first-order chi connectivity index (χ1) is 7.50. The molecule has 0 fully saturated rings. The third kappa shape index (κ3) is 3.55. The van der Waals surface area contributed by atoms with Crippen molar-refractivity contribution in [2.75, 3.05) is 0 Å². The van der Waals surface area contributed by atoms with Crippen LogP contribution in [0.25, 0.3) is 0 Å². The van der Waals surface area contributed by atoms with E-state index >= 15 is 0 Å². The van der Waals surface area contributed by atoms with E-state index in [0.29, 0.717) is 6.54 Å². The molecule has 0 radical (unpaired) electrons. The second kappa shape index (κ2) is 5.51. The van der Waals surface area contributed by atoms with Gasteiger partial charge in [0.25, 0.3) is 0 Å².